The first-order valence-electron chi connectivity index (χ1n) is 6.46. The van der Waals surface area contributed by atoms with Gasteiger partial charge in [0.15, 0.2) is 0 Å². The summed E-state index contributed by atoms with van der Waals surface area (Å²) in [7, 11) is 0. The predicted octanol–water partition coefficient (Wildman–Crippen LogP) is 1.21. The SMILES string of the molecule is NC(=O)c1c[nH]c(C(=O)Nc2cccc3c(=O)[nH]ccc23)c1. The second-order valence-corrected chi connectivity index (χ2v) is 4.69. The lowest BCUT2D eigenvalue weighted by Crippen LogP contribution is -2.14. The van der Waals surface area contributed by atoms with Gasteiger partial charge in [-0.05, 0) is 24.3 Å². The average Bonchev–Trinajstić information content (AvgIpc) is 2.98. The van der Waals surface area contributed by atoms with E-state index in [1.54, 1.807) is 24.3 Å². The Morgan fingerprint density at radius 2 is 1.91 bits per heavy atom. The van der Waals surface area contributed by atoms with E-state index in [0.29, 0.717) is 16.5 Å². The van der Waals surface area contributed by atoms with Gasteiger partial charge in [0, 0.05) is 28.9 Å². The van der Waals surface area contributed by atoms with Crippen LogP contribution in [0.15, 0.2) is 47.5 Å². The number of benzene rings is 1. The number of hydrogen-bond acceptors (Lipinski definition) is 3. The minimum Gasteiger partial charge on any atom is -0.366 e. The first-order valence-corrected chi connectivity index (χ1v) is 6.46. The van der Waals surface area contributed by atoms with E-state index in [2.05, 4.69) is 15.3 Å². The molecule has 0 saturated carbocycles. The molecule has 0 bridgehead atoms. The van der Waals surface area contributed by atoms with E-state index in [4.69, 9.17) is 5.73 Å². The van der Waals surface area contributed by atoms with E-state index >= 15 is 0 Å². The van der Waals surface area contributed by atoms with E-state index in [1.165, 1.54) is 18.5 Å². The number of nitrogens with two attached hydrogens (primary N) is 1. The van der Waals surface area contributed by atoms with Crippen molar-refractivity contribution in [3.05, 3.63) is 64.3 Å². The second-order valence-electron chi connectivity index (χ2n) is 4.69. The van der Waals surface area contributed by atoms with Gasteiger partial charge in [0.2, 0.25) is 5.91 Å². The Morgan fingerprint density at radius 1 is 1.09 bits per heavy atom. The van der Waals surface area contributed by atoms with Crippen molar-refractivity contribution in [2.75, 3.05) is 5.32 Å². The fraction of sp³-hybridized carbons (Fsp3) is 0. The van der Waals surface area contributed by atoms with Gasteiger partial charge < -0.3 is 21.0 Å². The molecule has 2 aromatic heterocycles. The molecule has 0 fully saturated rings. The number of carbonyl (C=O) groups excluding carboxylic acids is 2. The molecule has 110 valence electrons. The fourth-order valence-electron chi connectivity index (χ4n) is 2.19. The molecule has 22 heavy (non-hydrogen) atoms. The number of primary amides is 1. The molecule has 7 heteroatoms. The lowest BCUT2D eigenvalue weighted by atomic mass is 10.1. The number of anilines is 1. The number of hydrogen-bond donors (Lipinski definition) is 4. The van der Waals surface area contributed by atoms with E-state index in [1.807, 2.05) is 0 Å². The molecule has 0 radical (unpaired) electrons. The summed E-state index contributed by atoms with van der Waals surface area (Å²) in [5, 5.41) is 3.81. The number of aromatic amines is 2. The van der Waals surface area contributed by atoms with Crippen LogP contribution in [0.1, 0.15) is 20.8 Å². The quantitative estimate of drug-likeness (QED) is 0.581. The van der Waals surface area contributed by atoms with Crippen LogP contribution >= 0.6 is 0 Å². The molecular weight excluding hydrogens is 284 g/mol. The Hall–Kier alpha value is -3.35. The Bertz CT molecular complexity index is 939. The Kier molecular flexibility index (Phi) is 3.23. The largest absolute Gasteiger partial charge is 0.366 e. The van der Waals surface area contributed by atoms with E-state index in [0.717, 1.165) is 0 Å². The van der Waals surface area contributed by atoms with Crippen LogP contribution < -0.4 is 16.6 Å². The monoisotopic (exact) mass is 296 g/mol. The maximum atomic E-state index is 12.2. The summed E-state index contributed by atoms with van der Waals surface area (Å²) in [6.07, 6.45) is 2.88. The third kappa shape index (κ3) is 2.35. The zero-order valence-corrected chi connectivity index (χ0v) is 11.3. The molecule has 7 nitrogen and oxygen atoms in total. The van der Waals surface area contributed by atoms with Gasteiger partial charge in [0.1, 0.15) is 5.69 Å². The van der Waals surface area contributed by atoms with Crippen LogP contribution in [-0.4, -0.2) is 21.8 Å². The molecule has 3 rings (SSSR count). The number of pyridine rings is 1. The van der Waals surface area contributed by atoms with Crippen molar-refractivity contribution in [3.8, 4) is 0 Å². The minimum atomic E-state index is -0.619. The van der Waals surface area contributed by atoms with Crippen LogP contribution in [0.2, 0.25) is 0 Å². The highest BCUT2D eigenvalue weighted by Crippen LogP contribution is 2.20. The van der Waals surface area contributed by atoms with Crippen LogP contribution in [0.4, 0.5) is 5.69 Å². The first kappa shape index (κ1) is 13.6. The lowest BCUT2D eigenvalue weighted by Gasteiger charge is -2.07. The van der Waals surface area contributed by atoms with Crippen LogP contribution in [-0.2, 0) is 0 Å². The summed E-state index contributed by atoms with van der Waals surface area (Å²) in [5.74, 6) is -1.05. The zero-order chi connectivity index (χ0) is 15.7. The summed E-state index contributed by atoms with van der Waals surface area (Å²) < 4.78 is 0. The molecule has 0 aliphatic rings. The van der Waals surface area contributed by atoms with Gasteiger partial charge in [0.05, 0.1) is 5.56 Å². The normalized spacial score (nSPS) is 10.5. The summed E-state index contributed by atoms with van der Waals surface area (Å²) in [5.41, 5.74) is 5.84. The number of carbonyl (C=O) groups is 2. The number of amides is 2. The van der Waals surface area contributed by atoms with Crippen molar-refractivity contribution in [2.45, 2.75) is 0 Å². The summed E-state index contributed by atoms with van der Waals surface area (Å²) in [6.45, 7) is 0. The third-order valence-corrected chi connectivity index (χ3v) is 3.28. The second kappa shape index (κ2) is 5.21. The predicted molar refractivity (Wildman–Crippen MR) is 81.8 cm³/mol. The summed E-state index contributed by atoms with van der Waals surface area (Å²) in [6, 6.07) is 8.11. The number of rotatable bonds is 3. The molecule has 2 heterocycles. The van der Waals surface area contributed by atoms with E-state index < -0.39 is 11.8 Å². The maximum Gasteiger partial charge on any atom is 0.272 e. The van der Waals surface area contributed by atoms with Crippen molar-refractivity contribution in [2.24, 2.45) is 5.73 Å². The topological polar surface area (TPSA) is 121 Å². The fourth-order valence-corrected chi connectivity index (χ4v) is 2.19. The average molecular weight is 296 g/mol. The molecule has 3 aromatic rings. The van der Waals surface area contributed by atoms with Crippen molar-refractivity contribution < 1.29 is 9.59 Å². The molecule has 0 aliphatic heterocycles. The van der Waals surface area contributed by atoms with E-state index in [9.17, 15) is 14.4 Å². The minimum absolute atomic E-state index is 0.204. The van der Waals surface area contributed by atoms with Crippen molar-refractivity contribution >= 4 is 28.3 Å². The maximum absolute atomic E-state index is 12.2. The molecule has 0 saturated heterocycles. The molecular formula is C15H12N4O3. The van der Waals surface area contributed by atoms with Gasteiger partial charge in [-0.3, -0.25) is 14.4 Å². The van der Waals surface area contributed by atoms with Gasteiger partial charge in [-0.15, -0.1) is 0 Å². The zero-order valence-electron chi connectivity index (χ0n) is 11.3. The highest BCUT2D eigenvalue weighted by Gasteiger charge is 2.13. The number of fused-ring (bicyclic) bond motifs is 1. The van der Waals surface area contributed by atoms with Crippen LogP contribution in [0, 0.1) is 0 Å². The van der Waals surface area contributed by atoms with Crippen molar-refractivity contribution in [3.63, 3.8) is 0 Å². The Balaban J connectivity index is 1.96. The molecule has 0 atom stereocenters. The lowest BCUT2D eigenvalue weighted by molar-refractivity contribution is 0.0999. The Morgan fingerprint density at radius 3 is 2.64 bits per heavy atom. The summed E-state index contributed by atoms with van der Waals surface area (Å²) in [4.78, 5) is 40.2. The number of nitrogens with one attached hydrogen (secondary N) is 3. The van der Waals surface area contributed by atoms with Crippen LogP contribution in [0.5, 0.6) is 0 Å². The number of aromatic nitrogens is 2. The third-order valence-electron chi connectivity index (χ3n) is 3.28. The molecule has 0 aliphatic carbocycles. The number of H-pyrrole nitrogens is 2. The van der Waals surface area contributed by atoms with Crippen LogP contribution in [0.25, 0.3) is 10.8 Å². The smallest absolute Gasteiger partial charge is 0.272 e. The first-order chi connectivity index (χ1) is 10.6. The molecule has 0 unspecified atom stereocenters. The molecule has 2 amide bonds. The van der Waals surface area contributed by atoms with Crippen molar-refractivity contribution in [1.82, 2.24) is 9.97 Å². The molecule has 1 aromatic carbocycles. The van der Waals surface area contributed by atoms with Gasteiger partial charge in [-0.25, -0.2) is 0 Å². The van der Waals surface area contributed by atoms with Gasteiger partial charge in [-0.1, -0.05) is 6.07 Å². The van der Waals surface area contributed by atoms with Gasteiger partial charge in [0.25, 0.3) is 11.5 Å². The molecule has 0 spiro atoms. The standard InChI is InChI=1S/C15H12N4O3/c16-13(20)8-6-12(18-7-8)15(22)19-11-3-1-2-10-9(11)4-5-17-14(10)21/h1-7,18H,(H2,16,20)(H,17,21)(H,19,22). The highest BCUT2D eigenvalue weighted by molar-refractivity contribution is 6.09. The Labute approximate surface area is 124 Å². The van der Waals surface area contributed by atoms with Crippen LogP contribution in [0.3, 0.4) is 0 Å². The molecule has 5 N–H and O–H groups in total. The van der Waals surface area contributed by atoms with Crippen molar-refractivity contribution in [1.29, 1.82) is 0 Å². The van der Waals surface area contributed by atoms with Gasteiger partial charge in [-0.2, -0.15) is 0 Å². The van der Waals surface area contributed by atoms with Gasteiger partial charge >= 0.3 is 0 Å². The van der Waals surface area contributed by atoms with E-state index in [-0.39, 0.29) is 16.8 Å². The summed E-state index contributed by atoms with van der Waals surface area (Å²) >= 11 is 0. The highest BCUT2D eigenvalue weighted by atomic mass is 16.2.